The summed E-state index contributed by atoms with van der Waals surface area (Å²) >= 11 is 0. The Hall–Kier alpha value is 0.984. The average Bonchev–Trinajstić information content (AvgIpc) is 0.918. The molecule has 0 unspecified atom stereocenters. The van der Waals surface area contributed by atoms with Crippen LogP contribution in [-0.4, -0.2) is 5.21 Å². The molecule has 25 valence electrons. The fraction of sp³-hybridized carbons (Fsp3) is 0. The normalized spacial score (nSPS) is 3.00. The third-order valence-electron chi connectivity index (χ3n) is 0. The van der Waals surface area contributed by atoms with Crippen LogP contribution in [0.5, 0.6) is 0 Å². The molecule has 0 atom stereocenters. The molecule has 3 nitrogen and oxygen atoms in total. The van der Waals surface area contributed by atoms with E-state index in [1.165, 1.54) is 5.34 Å². The maximum absolute atomic E-state index is 8.11. The van der Waals surface area contributed by atoms with Gasteiger partial charge < -0.3 is 5.21 Å². The zero-order valence-electron chi connectivity index (χ0n) is 1.68. The van der Waals surface area contributed by atoms with Crippen LogP contribution >= 0.6 is 0 Å². The molecule has 0 aliphatic carbocycles. The van der Waals surface area contributed by atoms with Crippen LogP contribution in [0.15, 0.2) is 5.34 Å². The molecule has 0 aliphatic rings. The minimum atomic E-state index is 0. The van der Waals surface area contributed by atoms with E-state index in [4.69, 9.17) is 10.1 Å². The van der Waals surface area contributed by atoms with Crippen molar-refractivity contribution in [1.29, 1.82) is 0 Å². The van der Waals surface area contributed by atoms with Gasteiger partial charge in [-0.25, -0.2) is 0 Å². The molecular weight excluding hydrogens is 198 g/mol. The zero-order chi connectivity index (χ0) is 2.71. The van der Waals surface area contributed by atoms with Crippen molar-refractivity contribution < 1.29 is 54.6 Å². The average molecular weight is 199 g/mol. The molecular formula is HEuNO2. The maximum atomic E-state index is 8.11. The van der Waals surface area contributed by atoms with Crippen molar-refractivity contribution >= 4 is 0 Å². The fourth-order valence-electron chi connectivity index (χ4n) is 0. The van der Waals surface area contributed by atoms with Crippen LogP contribution in [0, 0.1) is 54.3 Å². The molecule has 0 saturated heterocycles. The summed E-state index contributed by atoms with van der Waals surface area (Å²) in [5.41, 5.74) is 0. The molecule has 0 saturated carbocycles. The predicted molar refractivity (Wildman–Crippen MR) is 7.58 cm³/mol. The molecule has 0 aliphatic heterocycles. The van der Waals surface area contributed by atoms with Gasteiger partial charge in [-0.3, -0.25) is 0 Å². The Morgan fingerprint density at radius 1 is 1.75 bits per heavy atom. The van der Waals surface area contributed by atoms with E-state index in [0.29, 0.717) is 0 Å². The van der Waals surface area contributed by atoms with Crippen LogP contribution in [-0.2, 0) is 0 Å². The van der Waals surface area contributed by atoms with Crippen LogP contribution in [0.1, 0.15) is 0 Å². The Labute approximate surface area is 63.9 Å². The van der Waals surface area contributed by atoms with Crippen LogP contribution in [0.25, 0.3) is 0 Å². The molecule has 4 heteroatoms. The minimum Gasteiger partial charge on any atom is -0.379 e. The smallest absolute Gasteiger partial charge is 0.152 e. The van der Waals surface area contributed by atoms with Crippen LogP contribution in [0.2, 0.25) is 0 Å². The van der Waals surface area contributed by atoms with Crippen molar-refractivity contribution in [3.63, 3.8) is 0 Å². The molecule has 0 aromatic carbocycles. The van der Waals surface area contributed by atoms with Crippen LogP contribution in [0.3, 0.4) is 0 Å². The van der Waals surface area contributed by atoms with Gasteiger partial charge in [0.05, 0.1) is 0 Å². The van der Waals surface area contributed by atoms with E-state index < -0.39 is 0 Å². The largest absolute Gasteiger partial charge is 0.379 e. The van der Waals surface area contributed by atoms with E-state index in [1.54, 1.807) is 0 Å². The molecule has 0 rings (SSSR count). The first-order valence-electron chi connectivity index (χ1n) is 0.383. The van der Waals surface area contributed by atoms with Gasteiger partial charge in [0.1, 0.15) is 0 Å². The van der Waals surface area contributed by atoms with Crippen molar-refractivity contribution in [1.82, 2.24) is 0 Å². The molecule has 4 heavy (non-hydrogen) atoms. The van der Waals surface area contributed by atoms with Gasteiger partial charge in [0.15, 0.2) is 5.34 Å². The van der Waals surface area contributed by atoms with Crippen molar-refractivity contribution in [2.45, 2.75) is 0 Å². The number of rotatable bonds is 0. The molecule has 0 aromatic heterocycles. The molecule has 0 fully saturated rings. The Morgan fingerprint density at radius 3 is 1.75 bits per heavy atom. The molecule has 1 radical (unpaired) electrons. The summed E-state index contributed by atoms with van der Waals surface area (Å²) in [6.07, 6.45) is 0. The minimum absolute atomic E-state index is 0. The SMILES string of the molecule is O=NO.[Eu]. The van der Waals surface area contributed by atoms with Gasteiger partial charge in [0.25, 0.3) is 0 Å². The Balaban J connectivity index is 0. The van der Waals surface area contributed by atoms with Crippen molar-refractivity contribution in [3.05, 3.63) is 4.91 Å². The number of hydrogen-bond donors (Lipinski definition) is 1. The maximum Gasteiger partial charge on any atom is 0.152 e. The van der Waals surface area contributed by atoms with E-state index in [-0.39, 0.29) is 49.4 Å². The number of hydrogen-bond acceptors (Lipinski definition) is 2. The van der Waals surface area contributed by atoms with Gasteiger partial charge in [-0.15, -0.1) is 4.91 Å². The van der Waals surface area contributed by atoms with Gasteiger partial charge in [0.2, 0.25) is 0 Å². The van der Waals surface area contributed by atoms with Gasteiger partial charge in [-0.2, -0.15) is 0 Å². The van der Waals surface area contributed by atoms with Gasteiger partial charge in [0, 0.05) is 49.4 Å². The molecule has 0 spiro atoms. The Bertz CT molecular complexity index is 13.5. The fourth-order valence-corrected chi connectivity index (χ4v) is 0. The van der Waals surface area contributed by atoms with Crippen molar-refractivity contribution in [2.75, 3.05) is 0 Å². The molecule has 0 heterocycles. The predicted octanol–water partition coefficient (Wildman–Crippen LogP) is 0.142. The van der Waals surface area contributed by atoms with Crippen LogP contribution in [0.4, 0.5) is 0 Å². The summed E-state index contributed by atoms with van der Waals surface area (Å²) in [5.74, 6) is 0. The van der Waals surface area contributed by atoms with E-state index in [2.05, 4.69) is 0 Å². The van der Waals surface area contributed by atoms with Crippen molar-refractivity contribution in [2.24, 2.45) is 5.34 Å². The molecule has 1 N–H and O–H groups in total. The Kier molecular flexibility index (Phi) is 20.0. The van der Waals surface area contributed by atoms with Crippen LogP contribution < -0.4 is 0 Å². The first-order valence-corrected chi connectivity index (χ1v) is 0.383. The van der Waals surface area contributed by atoms with Gasteiger partial charge in [-0.05, 0) is 0 Å². The van der Waals surface area contributed by atoms with Gasteiger partial charge in [-0.1, -0.05) is 0 Å². The van der Waals surface area contributed by atoms with E-state index in [0.717, 1.165) is 0 Å². The summed E-state index contributed by atoms with van der Waals surface area (Å²) in [4.78, 5) is 8.11. The van der Waals surface area contributed by atoms with E-state index >= 15 is 0 Å². The first kappa shape index (κ1) is 8.88. The summed E-state index contributed by atoms with van der Waals surface area (Å²) < 4.78 is 0. The van der Waals surface area contributed by atoms with E-state index in [1.807, 2.05) is 0 Å². The summed E-state index contributed by atoms with van der Waals surface area (Å²) in [6.45, 7) is 0. The molecule has 0 aromatic rings. The first-order chi connectivity index (χ1) is 1.41. The quantitative estimate of drug-likeness (QED) is 0.445. The Morgan fingerprint density at radius 2 is 1.75 bits per heavy atom. The standard InChI is InChI=1S/Eu.HNO2/c;2-1-3/h;(H,2,3). The second-order valence-corrected chi connectivity index (χ2v) is 0.0816. The van der Waals surface area contributed by atoms with Gasteiger partial charge >= 0.3 is 0 Å². The third-order valence-corrected chi connectivity index (χ3v) is 0. The monoisotopic (exact) mass is 200 g/mol. The number of nitrogens with zero attached hydrogens (tertiary/aromatic N) is 1. The third kappa shape index (κ3) is 12.1. The second-order valence-electron chi connectivity index (χ2n) is 0.0816. The second kappa shape index (κ2) is 9.01. The molecule has 0 bridgehead atoms. The topological polar surface area (TPSA) is 49.7 Å². The summed E-state index contributed by atoms with van der Waals surface area (Å²) in [5, 5.41) is 7.89. The molecule has 0 amide bonds. The zero-order valence-corrected chi connectivity index (χ0v) is 4.11. The van der Waals surface area contributed by atoms with Crippen molar-refractivity contribution in [3.8, 4) is 0 Å². The summed E-state index contributed by atoms with van der Waals surface area (Å²) in [7, 11) is 0. The van der Waals surface area contributed by atoms with E-state index in [9.17, 15) is 0 Å². The summed E-state index contributed by atoms with van der Waals surface area (Å²) in [6, 6.07) is 0.